The molecule has 1 atom stereocenters. The normalized spacial score (nSPS) is 21.6. The first-order valence-electron chi connectivity index (χ1n) is 7.45. The Hall–Kier alpha value is -1.62. The standard InChI is InChI=1S/C15H22N4O/c1-19(15(20)13-8-5-9-16-13)10-14-11-6-3-2-4-7-12(11)17-18-14/h5,8,13,16H,2-4,6-7,9-10H2,1H3,(H,17,18)/t13-/m0/s1. The SMILES string of the molecule is CN(Cc1n[nH]c2c1CCCCC2)C(=O)[C@@H]1C=CCN1. The van der Waals surface area contributed by atoms with Crippen molar-refractivity contribution in [2.75, 3.05) is 13.6 Å². The highest BCUT2D eigenvalue weighted by Crippen LogP contribution is 2.22. The fourth-order valence-electron chi connectivity index (χ4n) is 3.03. The van der Waals surface area contributed by atoms with Crippen molar-refractivity contribution in [1.82, 2.24) is 20.4 Å². The average Bonchev–Trinajstić information content (AvgIpc) is 3.04. The van der Waals surface area contributed by atoms with Crippen molar-refractivity contribution in [3.8, 4) is 0 Å². The fourth-order valence-corrected chi connectivity index (χ4v) is 3.03. The number of hydrogen-bond acceptors (Lipinski definition) is 3. The van der Waals surface area contributed by atoms with Gasteiger partial charge in [-0.2, -0.15) is 5.10 Å². The molecule has 0 aromatic carbocycles. The first kappa shape index (κ1) is 13.4. The zero-order chi connectivity index (χ0) is 13.9. The van der Waals surface area contributed by atoms with Crippen LogP contribution in [0.3, 0.4) is 0 Å². The van der Waals surface area contributed by atoms with Gasteiger partial charge in [0.05, 0.1) is 12.2 Å². The van der Waals surface area contributed by atoms with Gasteiger partial charge in [-0.15, -0.1) is 0 Å². The molecule has 2 N–H and O–H groups in total. The second-order valence-electron chi connectivity index (χ2n) is 5.70. The van der Waals surface area contributed by atoms with E-state index in [0.717, 1.165) is 25.1 Å². The lowest BCUT2D eigenvalue weighted by atomic mass is 10.1. The molecule has 0 radical (unpaired) electrons. The molecule has 1 aromatic rings. The van der Waals surface area contributed by atoms with Crippen molar-refractivity contribution in [1.29, 1.82) is 0 Å². The van der Waals surface area contributed by atoms with E-state index in [4.69, 9.17) is 0 Å². The molecule has 20 heavy (non-hydrogen) atoms. The van der Waals surface area contributed by atoms with Gasteiger partial charge in [0.25, 0.3) is 0 Å². The molecule has 1 amide bonds. The first-order chi connectivity index (χ1) is 9.75. The maximum Gasteiger partial charge on any atom is 0.243 e. The Kier molecular flexibility index (Phi) is 3.87. The van der Waals surface area contributed by atoms with Crippen molar-refractivity contribution < 1.29 is 4.79 Å². The summed E-state index contributed by atoms with van der Waals surface area (Å²) >= 11 is 0. The predicted octanol–water partition coefficient (Wildman–Crippen LogP) is 1.16. The van der Waals surface area contributed by atoms with E-state index in [9.17, 15) is 4.79 Å². The van der Waals surface area contributed by atoms with Gasteiger partial charge in [-0.1, -0.05) is 18.6 Å². The van der Waals surface area contributed by atoms with Gasteiger partial charge < -0.3 is 4.90 Å². The molecule has 1 aromatic heterocycles. The number of nitrogens with zero attached hydrogens (tertiary/aromatic N) is 2. The van der Waals surface area contributed by atoms with E-state index in [-0.39, 0.29) is 11.9 Å². The smallest absolute Gasteiger partial charge is 0.243 e. The molecule has 5 nitrogen and oxygen atoms in total. The van der Waals surface area contributed by atoms with E-state index in [1.54, 1.807) is 4.90 Å². The van der Waals surface area contributed by atoms with Crippen molar-refractivity contribution >= 4 is 5.91 Å². The monoisotopic (exact) mass is 274 g/mol. The highest BCUT2D eigenvalue weighted by molar-refractivity contribution is 5.84. The van der Waals surface area contributed by atoms with Crippen molar-refractivity contribution in [2.45, 2.75) is 44.7 Å². The number of H-pyrrole nitrogens is 1. The molecule has 2 aliphatic rings. The van der Waals surface area contributed by atoms with Crippen LogP contribution in [0.25, 0.3) is 0 Å². The Morgan fingerprint density at radius 2 is 2.25 bits per heavy atom. The second kappa shape index (κ2) is 5.79. The van der Waals surface area contributed by atoms with Crippen LogP contribution in [0.1, 0.15) is 36.2 Å². The molecule has 0 bridgehead atoms. The van der Waals surface area contributed by atoms with Crippen LogP contribution < -0.4 is 5.32 Å². The Labute approximate surface area is 119 Å². The van der Waals surface area contributed by atoms with Gasteiger partial charge in [0.15, 0.2) is 0 Å². The Balaban J connectivity index is 1.69. The molecule has 1 aliphatic carbocycles. The number of aromatic nitrogens is 2. The number of nitrogens with one attached hydrogen (secondary N) is 2. The highest BCUT2D eigenvalue weighted by Gasteiger charge is 2.23. The molecule has 2 heterocycles. The topological polar surface area (TPSA) is 61.0 Å². The zero-order valence-electron chi connectivity index (χ0n) is 12.0. The predicted molar refractivity (Wildman–Crippen MR) is 77.3 cm³/mol. The van der Waals surface area contributed by atoms with Crippen LogP contribution in [0.2, 0.25) is 0 Å². The Morgan fingerprint density at radius 1 is 1.40 bits per heavy atom. The van der Waals surface area contributed by atoms with Gasteiger partial charge in [0, 0.05) is 19.3 Å². The third-order valence-electron chi connectivity index (χ3n) is 4.21. The van der Waals surface area contributed by atoms with Crippen LogP contribution >= 0.6 is 0 Å². The van der Waals surface area contributed by atoms with E-state index in [2.05, 4.69) is 15.5 Å². The third-order valence-corrected chi connectivity index (χ3v) is 4.21. The number of hydrogen-bond donors (Lipinski definition) is 2. The summed E-state index contributed by atoms with van der Waals surface area (Å²) in [5.74, 6) is 0.115. The molecule has 1 aliphatic heterocycles. The van der Waals surface area contributed by atoms with E-state index < -0.39 is 0 Å². The van der Waals surface area contributed by atoms with E-state index in [0.29, 0.717) is 6.54 Å². The lowest BCUT2D eigenvalue weighted by Gasteiger charge is -2.20. The van der Waals surface area contributed by atoms with Crippen LogP contribution in [0.15, 0.2) is 12.2 Å². The van der Waals surface area contributed by atoms with Crippen molar-refractivity contribution in [3.63, 3.8) is 0 Å². The summed E-state index contributed by atoms with van der Waals surface area (Å²) in [6, 6.07) is -0.169. The minimum absolute atomic E-state index is 0.115. The van der Waals surface area contributed by atoms with Crippen molar-refractivity contribution in [3.05, 3.63) is 29.1 Å². The van der Waals surface area contributed by atoms with Crippen LogP contribution in [0, 0.1) is 0 Å². The molecule has 0 unspecified atom stereocenters. The number of rotatable bonds is 3. The summed E-state index contributed by atoms with van der Waals surface area (Å²) in [4.78, 5) is 14.1. The third kappa shape index (κ3) is 2.63. The second-order valence-corrected chi connectivity index (χ2v) is 5.70. The Bertz CT molecular complexity index is 520. The maximum atomic E-state index is 12.3. The number of aromatic amines is 1. The summed E-state index contributed by atoms with van der Waals surface area (Å²) in [6.45, 7) is 1.37. The quantitative estimate of drug-likeness (QED) is 0.642. The lowest BCUT2D eigenvalue weighted by Crippen LogP contribution is -2.41. The van der Waals surface area contributed by atoms with E-state index in [1.165, 1.54) is 30.5 Å². The molecule has 0 spiro atoms. The number of aryl methyl sites for hydroxylation is 1. The summed E-state index contributed by atoms with van der Waals surface area (Å²) in [6.07, 6.45) is 9.86. The molecular formula is C15H22N4O. The minimum atomic E-state index is -0.169. The van der Waals surface area contributed by atoms with Gasteiger partial charge >= 0.3 is 0 Å². The molecule has 3 rings (SSSR count). The van der Waals surface area contributed by atoms with Gasteiger partial charge in [-0.3, -0.25) is 15.2 Å². The molecule has 5 heteroatoms. The van der Waals surface area contributed by atoms with Crippen LogP contribution in [0.4, 0.5) is 0 Å². The van der Waals surface area contributed by atoms with Crippen LogP contribution in [-0.4, -0.2) is 40.6 Å². The Morgan fingerprint density at radius 3 is 3.05 bits per heavy atom. The number of likely N-dealkylation sites (N-methyl/N-ethyl adjacent to an activating group) is 1. The van der Waals surface area contributed by atoms with Gasteiger partial charge in [-0.25, -0.2) is 0 Å². The molecule has 108 valence electrons. The zero-order valence-corrected chi connectivity index (χ0v) is 12.0. The number of fused-ring (bicyclic) bond motifs is 1. The largest absolute Gasteiger partial charge is 0.338 e. The first-order valence-corrected chi connectivity index (χ1v) is 7.45. The highest BCUT2D eigenvalue weighted by atomic mass is 16.2. The molecule has 0 saturated carbocycles. The summed E-state index contributed by atoms with van der Waals surface area (Å²) < 4.78 is 0. The van der Waals surface area contributed by atoms with Crippen LogP contribution in [0.5, 0.6) is 0 Å². The molecule has 0 fully saturated rings. The van der Waals surface area contributed by atoms with Gasteiger partial charge in [-0.05, 0) is 31.2 Å². The summed E-state index contributed by atoms with van der Waals surface area (Å²) in [7, 11) is 1.86. The van der Waals surface area contributed by atoms with Gasteiger partial charge in [0.2, 0.25) is 5.91 Å². The molecular weight excluding hydrogens is 252 g/mol. The fraction of sp³-hybridized carbons (Fsp3) is 0.600. The number of amides is 1. The summed E-state index contributed by atoms with van der Waals surface area (Å²) in [5.41, 5.74) is 3.66. The average molecular weight is 274 g/mol. The van der Waals surface area contributed by atoms with E-state index >= 15 is 0 Å². The van der Waals surface area contributed by atoms with Crippen LogP contribution in [-0.2, 0) is 24.2 Å². The summed E-state index contributed by atoms with van der Waals surface area (Å²) in [5, 5.41) is 10.8. The minimum Gasteiger partial charge on any atom is -0.338 e. The lowest BCUT2D eigenvalue weighted by molar-refractivity contribution is -0.131. The number of carbonyl (C=O) groups is 1. The van der Waals surface area contributed by atoms with E-state index in [1.807, 2.05) is 19.2 Å². The maximum absolute atomic E-state index is 12.3. The van der Waals surface area contributed by atoms with Crippen molar-refractivity contribution in [2.24, 2.45) is 0 Å². The molecule has 0 saturated heterocycles. The van der Waals surface area contributed by atoms with Gasteiger partial charge in [0.1, 0.15) is 6.04 Å². The number of carbonyl (C=O) groups excluding carboxylic acids is 1.